The van der Waals surface area contributed by atoms with Gasteiger partial charge in [-0.15, -0.1) is 0 Å². The first-order valence-electron chi connectivity index (χ1n) is 9.78. The number of H-pyrrole nitrogens is 1. The van der Waals surface area contributed by atoms with Gasteiger partial charge in [-0.05, 0) is 51.8 Å². The number of likely N-dealkylation sites (tertiary alicyclic amines) is 1. The van der Waals surface area contributed by atoms with Gasteiger partial charge >= 0.3 is 6.09 Å². The molecule has 2 N–H and O–H groups in total. The maximum absolute atomic E-state index is 12.7. The van der Waals surface area contributed by atoms with E-state index >= 15 is 0 Å². The summed E-state index contributed by atoms with van der Waals surface area (Å²) in [5.41, 5.74) is 2.25. The van der Waals surface area contributed by atoms with Gasteiger partial charge in [-0.25, -0.2) is 9.78 Å². The average molecular weight is 417 g/mol. The molecule has 0 radical (unpaired) electrons. The maximum atomic E-state index is 12.7. The molecule has 29 heavy (non-hydrogen) atoms. The van der Waals surface area contributed by atoms with Gasteiger partial charge in [0.15, 0.2) is 0 Å². The SMILES string of the molecule is CC(C)(C)OC(=O)N1CCCC2(CNC(=O)c3cc(-c4ccnc(Cl)c4)[nH]c32)C1. The maximum Gasteiger partial charge on any atom is 0.410 e. The third kappa shape index (κ3) is 3.83. The molecule has 0 aromatic carbocycles. The number of rotatable bonds is 1. The summed E-state index contributed by atoms with van der Waals surface area (Å²) in [6, 6.07) is 5.46. The van der Waals surface area contributed by atoms with Crippen molar-refractivity contribution in [3.05, 3.63) is 40.8 Å². The fraction of sp³-hybridized carbons (Fsp3) is 0.476. The largest absolute Gasteiger partial charge is 0.444 e. The van der Waals surface area contributed by atoms with E-state index in [1.807, 2.05) is 32.9 Å². The summed E-state index contributed by atoms with van der Waals surface area (Å²) in [5.74, 6) is -0.109. The number of piperidine rings is 1. The number of nitrogens with one attached hydrogen (secondary N) is 2. The van der Waals surface area contributed by atoms with Crippen molar-refractivity contribution in [3.63, 3.8) is 0 Å². The molecule has 2 aromatic rings. The molecule has 0 aliphatic carbocycles. The molecule has 7 nitrogen and oxygen atoms in total. The van der Waals surface area contributed by atoms with Crippen LogP contribution in [0.2, 0.25) is 5.15 Å². The van der Waals surface area contributed by atoms with Crippen molar-refractivity contribution >= 4 is 23.6 Å². The number of aromatic amines is 1. The Bertz CT molecular complexity index is 965. The van der Waals surface area contributed by atoms with Gasteiger partial charge in [-0.1, -0.05) is 11.6 Å². The molecule has 2 aliphatic heterocycles. The van der Waals surface area contributed by atoms with Gasteiger partial charge in [0.2, 0.25) is 0 Å². The lowest BCUT2D eigenvalue weighted by Gasteiger charge is -2.44. The van der Waals surface area contributed by atoms with Crippen LogP contribution in [0.4, 0.5) is 4.79 Å². The molecular weight excluding hydrogens is 392 g/mol. The Kier molecular flexibility index (Phi) is 4.81. The highest BCUT2D eigenvalue weighted by molar-refractivity contribution is 6.29. The van der Waals surface area contributed by atoms with E-state index in [4.69, 9.17) is 16.3 Å². The van der Waals surface area contributed by atoms with Gasteiger partial charge in [-0.2, -0.15) is 0 Å². The number of pyridine rings is 1. The number of fused-ring (bicyclic) bond motifs is 2. The number of hydrogen-bond donors (Lipinski definition) is 2. The number of hydrogen-bond acceptors (Lipinski definition) is 4. The number of halogens is 1. The number of carbonyl (C=O) groups excluding carboxylic acids is 2. The van der Waals surface area contributed by atoms with Crippen molar-refractivity contribution in [1.29, 1.82) is 0 Å². The fourth-order valence-corrected chi connectivity index (χ4v) is 4.35. The van der Waals surface area contributed by atoms with Crippen molar-refractivity contribution in [2.75, 3.05) is 19.6 Å². The van der Waals surface area contributed by atoms with Crippen molar-refractivity contribution in [2.45, 2.75) is 44.6 Å². The van der Waals surface area contributed by atoms with Crippen LogP contribution in [0.3, 0.4) is 0 Å². The highest BCUT2D eigenvalue weighted by Crippen LogP contribution is 2.39. The van der Waals surface area contributed by atoms with Crippen LogP contribution in [0, 0.1) is 0 Å². The summed E-state index contributed by atoms with van der Waals surface area (Å²) in [6.07, 6.45) is 3.03. The minimum Gasteiger partial charge on any atom is -0.444 e. The zero-order chi connectivity index (χ0) is 20.8. The van der Waals surface area contributed by atoms with Crippen molar-refractivity contribution < 1.29 is 14.3 Å². The molecule has 0 bridgehead atoms. The van der Waals surface area contributed by atoms with Crippen molar-refractivity contribution in [3.8, 4) is 11.3 Å². The van der Waals surface area contributed by atoms with E-state index < -0.39 is 5.60 Å². The summed E-state index contributed by atoms with van der Waals surface area (Å²) in [7, 11) is 0. The molecular formula is C21H25ClN4O3. The zero-order valence-corrected chi connectivity index (χ0v) is 17.6. The minimum atomic E-state index is -0.548. The second kappa shape index (κ2) is 7.06. The summed E-state index contributed by atoms with van der Waals surface area (Å²) in [4.78, 5) is 34.4. The molecule has 1 fully saturated rings. The van der Waals surface area contributed by atoms with Gasteiger partial charge in [0.05, 0.1) is 5.56 Å². The normalized spacial score (nSPS) is 21.7. The number of carbonyl (C=O) groups is 2. The molecule has 2 aromatic heterocycles. The van der Waals surface area contributed by atoms with E-state index in [1.54, 1.807) is 17.2 Å². The first-order chi connectivity index (χ1) is 13.7. The molecule has 1 saturated heterocycles. The topological polar surface area (TPSA) is 87.3 Å². The van der Waals surface area contributed by atoms with E-state index in [0.717, 1.165) is 29.8 Å². The predicted octanol–water partition coefficient (Wildman–Crippen LogP) is 3.74. The smallest absolute Gasteiger partial charge is 0.410 e. The lowest BCUT2D eigenvalue weighted by atomic mass is 9.74. The third-order valence-electron chi connectivity index (χ3n) is 5.45. The van der Waals surface area contributed by atoms with E-state index in [1.165, 1.54) is 0 Å². The number of amides is 2. The van der Waals surface area contributed by atoms with Crippen LogP contribution in [-0.4, -0.2) is 52.1 Å². The quantitative estimate of drug-likeness (QED) is 0.693. The monoisotopic (exact) mass is 416 g/mol. The zero-order valence-electron chi connectivity index (χ0n) is 16.8. The molecule has 0 saturated carbocycles. The average Bonchev–Trinajstić information content (AvgIpc) is 3.11. The van der Waals surface area contributed by atoms with Gasteiger partial charge in [-0.3, -0.25) is 4.79 Å². The Balaban J connectivity index is 1.68. The Labute approximate surface area is 174 Å². The van der Waals surface area contributed by atoms with Crippen molar-refractivity contribution in [2.24, 2.45) is 0 Å². The Hall–Kier alpha value is -2.54. The van der Waals surface area contributed by atoms with Crippen LogP contribution in [0.1, 0.15) is 49.7 Å². The Morgan fingerprint density at radius 2 is 2.14 bits per heavy atom. The summed E-state index contributed by atoms with van der Waals surface area (Å²) in [5, 5.41) is 3.40. The summed E-state index contributed by atoms with van der Waals surface area (Å²) < 4.78 is 5.58. The van der Waals surface area contributed by atoms with Crippen molar-refractivity contribution in [1.82, 2.24) is 20.2 Å². The Morgan fingerprint density at radius 3 is 2.86 bits per heavy atom. The van der Waals surface area contributed by atoms with E-state index in [0.29, 0.717) is 30.4 Å². The first kappa shape index (κ1) is 19.8. The lowest BCUT2D eigenvalue weighted by Crippen LogP contribution is -2.57. The van der Waals surface area contributed by atoms with Crippen LogP contribution in [0.5, 0.6) is 0 Å². The summed E-state index contributed by atoms with van der Waals surface area (Å²) >= 11 is 6.04. The Morgan fingerprint density at radius 1 is 1.34 bits per heavy atom. The van der Waals surface area contributed by atoms with Gasteiger partial charge in [0, 0.05) is 48.2 Å². The molecule has 1 atom stereocenters. The molecule has 154 valence electrons. The van der Waals surface area contributed by atoms with Crippen LogP contribution in [0.25, 0.3) is 11.3 Å². The highest BCUT2D eigenvalue weighted by Gasteiger charge is 2.45. The molecule has 4 rings (SSSR count). The van der Waals surface area contributed by atoms with Crippen LogP contribution in [-0.2, 0) is 10.2 Å². The van der Waals surface area contributed by atoms with Crippen LogP contribution in [0.15, 0.2) is 24.4 Å². The summed E-state index contributed by atoms with van der Waals surface area (Å²) in [6.45, 7) is 7.21. The number of ether oxygens (including phenoxy) is 1. The predicted molar refractivity (Wildman–Crippen MR) is 110 cm³/mol. The molecule has 2 amide bonds. The highest BCUT2D eigenvalue weighted by atomic mass is 35.5. The number of nitrogens with zero attached hydrogens (tertiary/aromatic N) is 2. The van der Waals surface area contributed by atoms with E-state index in [2.05, 4.69) is 15.3 Å². The first-order valence-corrected chi connectivity index (χ1v) is 10.2. The second-order valence-corrected chi connectivity index (χ2v) is 9.19. The standard InChI is InChI=1S/C21H25ClN4O3/c1-20(2,3)29-19(28)26-8-4-6-21(12-26)11-24-18(27)14-10-15(25-17(14)21)13-5-7-23-16(22)9-13/h5,7,9-10,25H,4,6,8,11-12H2,1-3H3,(H,24,27). The molecule has 1 unspecified atom stereocenters. The fourth-order valence-electron chi connectivity index (χ4n) is 4.17. The third-order valence-corrected chi connectivity index (χ3v) is 5.65. The lowest BCUT2D eigenvalue weighted by molar-refractivity contribution is 0.0128. The van der Waals surface area contributed by atoms with E-state index in [9.17, 15) is 9.59 Å². The number of aromatic nitrogens is 2. The molecule has 2 aliphatic rings. The van der Waals surface area contributed by atoms with Gasteiger partial charge in [0.1, 0.15) is 10.8 Å². The molecule has 4 heterocycles. The van der Waals surface area contributed by atoms with Gasteiger partial charge in [0.25, 0.3) is 5.91 Å². The molecule has 8 heteroatoms. The minimum absolute atomic E-state index is 0.109. The second-order valence-electron chi connectivity index (χ2n) is 8.81. The molecule has 1 spiro atoms. The van der Waals surface area contributed by atoms with Crippen LogP contribution >= 0.6 is 11.6 Å². The van der Waals surface area contributed by atoms with Gasteiger partial charge < -0.3 is 19.9 Å². The van der Waals surface area contributed by atoms with Crippen LogP contribution < -0.4 is 5.32 Å². The van der Waals surface area contributed by atoms with E-state index in [-0.39, 0.29) is 17.4 Å².